The second kappa shape index (κ2) is 5.90. The van der Waals surface area contributed by atoms with E-state index in [1.54, 1.807) is 0 Å². The van der Waals surface area contributed by atoms with E-state index in [0.29, 0.717) is 0 Å². The SMILES string of the molecule is CN1CCC(CN(C)c2ccc(N)c3cnccc23)CC1. The maximum Gasteiger partial charge on any atom is 0.0446 e. The maximum absolute atomic E-state index is 6.06. The van der Waals surface area contributed by atoms with Crippen LogP contribution in [0.15, 0.2) is 30.6 Å². The van der Waals surface area contributed by atoms with Crippen LogP contribution in [-0.4, -0.2) is 43.6 Å². The molecule has 112 valence electrons. The minimum atomic E-state index is 0.778. The summed E-state index contributed by atoms with van der Waals surface area (Å²) in [6.07, 6.45) is 6.27. The van der Waals surface area contributed by atoms with Gasteiger partial charge in [-0.05, 0) is 57.1 Å². The molecule has 0 saturated carbocycles. The highest BCUT2D eigenvalue weighted by Gasteiger charge is 2.19. The number of rotatable bonds is 3. The molecule has 0 unspecified atom stereocenters. The molecule has 1 aliphatic heterocycles. The summed E-state index contributed by atoms with van der Waals surface area (Å²) < 4.78 is 0. The van der Waals surface area contributed by atoms with Crippen molar-refractivity contribution >= 4 is 22.1 Å². The lowest BCUT2D eigenvalue weighted by Gasteiger charge is -2.32. The van der Waals surface area contributed by atoms with E-state index < -0.39 is 0 Å². The Morgan fingerprint density at radius 1 is 1.24 bits per heavy atom. The number of nitrogens with zero attached hydrogens (tertiary/aromatic N) is 3. The average molecular weight is 284 g/mol. The molecule has 2 N–H and O–H groups in total. The van der Waals surface area contributed by atoms with Gasteiger partial charge >= 0.3 is 0 Å². The number of pyridine rings is 1. The molecule has 21 heavy (non-hydrogen) atoms. The Balaban J connectivity index is 1.81. The Kier molecular flexibility index (Phi) is 3.97. The first-order valence-corrected chi connectivity index (χ1v) is 7.67. The minimum Gasteiger partial charge on any atom is -0.398 e. The van der Waals surface area contributed by atoms with Gasteiger partial charge in [0.2, 0.25) is 0 Å². The van der Waals surface area contributed by atoms with Gasteiger partial charge in [0.05, 0.1) is 0 Å². The van der Waals surface area contributed by atoms with E-state index in [4.69, 9.17) is 5.73 Å². The number of aromatic nitrogens is 1. The zero-order valence-corrected chi connectivity index (χ0v) is 12.9. The summed E-state index contributed by atoms with van der Waals surface area (Å²) in [6, 6.07) is 6.18. The normalized spacial score (nSPS) is 17.2. The molecule has 0 radical (unpaired) electrons. The lowest BCUT2D eigenvalue weighted by Crippen LogP contribution is -2.35. The molecule has 0 bridgehead atoms. The van der Waals surface area contributed by atoms with E-state index in [2.05, 4.69) is 41.0 Å². The molecule has 4 nitrogen and oxygen atoms in total. The van der Waals surface area contributed by atoms with Gasteiger partial charge in [0.25, 0.3) is 0 Å². The molecule has 1 saturated heterocycles. The Labute approximate surface area is 126 Å². The Morgan fingerprint density at radius 2 is 2.00 bits per heavy atom. The number of likely N-dealkylation sites (tertiary alicyclic amines) is 1. The molecule has 2 aromatic rings. The van der Waals surface area contributed by atoms with Crippen LogP contribution in [0.4, 0.5) is 11.4 Å². The first-order valence-electron chi connectivity index (χ1n) is 7.67. The number of piperidine rings is 1. The quantitative estimate of drug-likeness (QED) is 0.880. The van der Waals surface area contributed by atoms with E-state index in [-0.39, 0.29) is 0 Å². The summed E-state index contributed by atoms with van der Waals surface area (Å²) in [5.41, 5.74) is 8.11. The molecule has 0 atom stereocenters. The second-order valence-corrected chi connectivity index (χ2v) is 6.22. The van der Waals surface area contributed by atoms with Crippen LogP contribution in [0.1, 0.15) is 12.8 Å². The number of hydrogen-bond acceptors (Lipinski definition) is 4. The third-order valence-corrected chi connectivity index (χ3v) is 4.61. The molecule has 1 aromatic carbocycles. The smallest absolute Gasteiger partial charge is 0.0446 e. The van der Waals surface area contributed by atoms with Crippen molar-refractivity contribution < 1.29 is 0 Å². The van der Waals surface area contributed by atoms with Crippen LogP contribution in [0, 0.1) is 5.92 Å². The third-order valence-electron chi connectivity index (χ3n) is 4.61. The van der Waals surface area contributed by atoms with E-state index in [1.165, 1.54) is 37.0 Å². The largest absolute Gasteiger partial charge is 0.398 e. The van der Waals surface area contributed by atoms with Crippen molar-refractivity contribution in [1.29, 1.82) is 0 Å². The molecule has 0 aliphatic carbocycles. The summed E-state index contributed by atoms with van der Waals surface area (Å²) in [5.74, 6) is 0.778. The van der Waals surface area contributed by atoms with Gasteiger partial charge in [-0.15, -0.1) is 0 Å². The van der Waals surface area contributed by atoms with Crippen molar-refractivity contribution in [3.05, 3.63) is 30.6 Å². The van der Waals surface area contributed by atoms with Crippen molar-refractivity contribution in [1.82, 2.24) is 9.88 Å². The van der Waals surface area contributed by atoms with Gasteiger partial charge in [-0.25, -0.2) is 0 Å². The van der Waals surface area contributed by atoms with E-state index in [9.17, 15) is 0 Å². The molecule has 4 heteroatoms. The molecule has 3 rings (SSSR count). The van der Waals surface area contributed by atoms with Gasteiger partial charge in [-0.1, -0.05) is 0 Å². The zero-order valence-electron chi connectivity index (χ0n) is 12.9. The Hall–Kier alpha value is -1.81. The van der Waals surface area contributed by atoms with Crippen molar-refractivity contribution in [3.8, 4) is 0 Å². The van der Waals surface area contributed by atoms with E-state index >= 15 is 0 Å². The predicted octanol–water partition coefficient (Wildman–Crippen LogP) is 2.60. The number of fused-ring (bicyclic) bond motifs is 1. The number of anilines is 2. The van der Waals surface area contributed by atoms with Crippen LogP contribution in [-0.2, 0) is 0 Å². The van der Waals surface area contributed by atoms with Crippen LogP contribution in [0.25, 0.3) is 10.8 Å². The molecule has 0 amide bonds. The Bertz CT molecular complexity index is 617. The van der Waals surface area contributed by atoms with Gasteiger partial charge in [0, 0.05) is 48.1 Å². The highest BCUT2D eigenvalue weighted by Crippen LogP contribution is 2.30. The highest BCUT2D eigenvalue weighted by molar-refractivity contribution is 6.00. The highest BCUT2D eigenvalue weighted by atomic mass is 15.1. The van der Waals surface area contributed by atoms with Crippen LogP contribution in [0.2, 0.25) is 0 Å². The topological polar surface area (TPSA) is 45.4 Å². The molecular weight excluding hydrogens is 260 g/mol. The standard InChI is InChI=1S/C17H24N4/c1-20-9-6-13(7-10-20)12-21(2)17-4-3-16(18)15-11-19-8-5-14(15)17/h3-5,8,11,13H,6-7,9-10,12,18H2,1-2H3. The third kappa shape index (κ3) is 2.95. The molecule has 1 aliphatic rings. The van der Waals surface area contributed by atoms with Crippen LogP contribution >= 0.6 is 0 Å². The number of nitrogen functional groups attached to an aromatic ring is 1. The average Bonchev–Trinajstić information content (AvgIpc) is 2.50. The number of nitrogens with two attached hydrogens (primary N) is 1. The van der Waals surface area contributed by atoms with Crippen LogP contribution in [0.3, 0.4) is 0 Å². The van der Waals surface area contributed by atoms with Crippen molar-refractivity contribution in [2.75, 3.05) is 44.4 Å². The van der Waals surface area contributed by atoms with E-state index in [0.717, 1.165) is 23.5 Å². The second-order valence-electron chi connectivity index (χ2n) is 6.22. The lowest BCUT2D eigenvalue weighted by molar-refractivity contribution is 0.222. The van der Waals surface area contributed by atoms with Gasteiger partial charge < -0.3 is 15.5 Å². The predicted molar refractivity (Wildman–Crippen MR) is 89.6 cm³/mol. The molecule has 0 spiro atoms. The van der Waals surface area contributed by atoms with Crippen molar-refractivity contribution in [3.63, 3.8) is 0 Å². The molecule has 1 fully saturated rings. The van der Waals surface area contributed by atoms with Gasteiger partial charge in [0.1, 0.15) is 0 Å². The fraction of sp³-hybridized carbons (Fsp3) is 0.471. The summed E-state index contributed by atoms with van der Waals surface area (Å²) in [7, 11) is 4.39. The maximum atomic E-state index is 6.06. The van der Waals surface area contributed by atoms with Gasteiger partial charge in [0.15, 0.2) is 0 Å². The fourth-order valence-corrected chi connectivity index (χ4v) is 3.26. The molecular formula is C17H24N4. The summed E-state index contributed by atoms with van der Waals surface area (Å²) in [4.78, 5) is 8.98. The van der Waals surface area contributed by atoms with Gasteiger partial charge in [-0.3, -0.25) is 4.98 Å². The fourth-order valence-electron chi connectivity index (χ4n) is 3.26. The number of benzene rings is 1. The zero-order chi connectivity index (χ0) is 14.8. The molecule has 1 aromatic heterocycles. The first-order chi connectivity index (χ1) is 10.1. The monoisotopic (exact) mass is 284 g/mol. The van der Waals surface area contributed by atoms with Crippen LogP contribution < -0.4 is 10.6 Å². The summed E-state index contributed by atoms with van der Waals surface area (Å²) >= 11 is 0. The van der Waals surface area contributed by atoms with Crippen molar-refractivity contribution in [2.45, 2.75) is 12.8 Å². The minimum absolute atomic E-state index is 0.778. The summed E-state index contributed by atoms with van der Waals surface area (Å²) in [5, 5.41) is 2.24. The van der Waals surface area contributed by atoms with Crippen molar-refractivity contribution in [2.24, 2.45) is 5.92 Å². The Morgan fingerprint density at radius 3 is 2.76 bits per heavy atom. The molecule has 2 heterocycles. The lowest BCUT2D eigenvalue weighted by atomic mass is 9.96. The first kappa shape index (κ1) is 14.1. The van der Waals surface area contributed by atoms with E-state index in [1.807, 2.05) is 18.5 Å². The number of hydrogen-bond donors (Lipinski definition) is 1. The summed E-state index contributed by atoms with van der Waals surface area (Å²) in [6.45, 7) is 3.53. The van der Waals surface area contributed by atoms with Gasteiger partial charge in [-0.2, -0.15) is 0 Å². The van der Waals surface area contributed by atoms with Crippen LogP contribution in [0.5, 0.6) is 0 Å².